The number of hydrogen-bond donors (Lipinski definition) is 2. The van der Waals surface area contributed by atoms with E-state index in [4.69, 9.17) is 13.7 Å². The molecule has 0 bridgehead atoms. The van der Waals surface area contributed by atoms with Crippen molar-refractivity contribution >= 4 is 27.7 Å². The summed E-state index contributed by atoms with van der Waals surface area (Å²) >= 11 is 0. The minimum Gasteiger partial charge on any atom is -0.493 e. The summed E-state index contributed by atoms with van der Waals surface area (Å²) < 4.78 is 41.6. The second kappa shape index (κ2) is 11.9. The van der Waals surface area contributed by atoms with Gasteiger partial charge in [0.1, 0.15) is 4.90 Å². The van der Waals surface area contributed by atoms with Crippen molar-refractivity contribution in [3.8, 4) is 11.5 Å². The number of benzene rings is 2. The van der Waals surface area contributed by atoms with Crippen molar-refractivity contribution in [2.45, 2.75) is 44.7 Å². The second-order valence-corrected chi connectivity index (χ2v) is 10.4. The number of nitrogens with zero attached hydrogens (tertiary/aromatic N) is 1. The van der Waals surface area contributed by atoms with Crippen LogP contribution in [0.2, 0.25) is 0 Å². The molecular weight excluding hydrogens is 474 g/mol. The zero-order valence-corrected chi connectivity index (χ0v) is 21.7. The molecule has 0 aliphatic carbocycles. The molecule has 0 aromatic heterocycles. The summed E-state index contributed by atoms with van der Waals surface area (Å²) in [6, 6.07) is 10.1. The van der Waals surface area contributed by atoms with Gasteiger partial charge in [-0.1, -0.05) is 6.07 Å². The monoisotopic (exact) mass is 507 g/mol. The molecule has 0 saturated heterocycles. The first-order valence-corrected chi connectivity index (χ1v) is 12.3. The molecule has 0 radical (unpaired) electrons. The second-order valence-electron chi connectivity index (χ2n) is 8.82. The standard InChI is InChI=1S/C24H33N3O7S/c1-17(28)25-19-8-10-20(11-9-19)35(30,31)34-22-15-18(7-12-21(22)33-6)16-27(13-14-32-5)23(29)26-24(2,3)4/h7-12,15H,13-14,16H2,1-6H3,(H,25,28)(H,26,29). The molecule has 0 heterocycles. The van der Waals surface area contributed by atoms with Gasteiger partial charge in [0.25, 0.3) is 0 Å². The molecule has 3 amide bonds. The number of urea groups is 1. The van der Waals surface area contributed by atoms with Crippen molar-refractivity contribution in [3.63, 3.8) is 0 Å². The maximum Gasteiger partial charge on any atom is 0.339 e. The van der Waals surface area contributed by atoms with Crippen molar-refractivity contribution < 1.29 is 31.7 Å². The van der Waals surface area contributed by atoms with Gasteiger partial charge in [-0.2, -0.15) is 8.42 Å². The molecule has 2 rings (SSSR count). The van der Waals surface area contributed by atoms with Crippen LogP contribution in [0.3, 0.4) is 0 Å². The normalized spacial score (nSPS) is 11.5. The highest BCUT2D eigenvalue weighted by Gasteiger charge is 2.22. The van der Waals surface area contributed by atoms with Gasteiger partial charge in [-0.05, 0) is 62.7 Å². The summed E-state index contributed by atoms with van der Waals surface area (Å²) in [5, 5.41) is 5.49. The van der Waals surface area contributed by atoms with Crippen molar-refractivity contribution in [1.82, 2.24) is 10.2 Å². The third-order valence-corrected chi connectivity index (χ3v) is 5.85. The molecule has 2 N–H and O–H groups in total. The van der Waals surface area contributed by atoms with Crippen LogP contribution in [-0.4, -0.2) is 58.2 Å². The van der Waals surface area contributed by atoms with Gasteiger partial charge in [-0.25, -0.2) is 4.79 Å². The molecule has 2 aromatic carbocycles. The SMILES string of the molecule is COCCN(Cc1ccc(OC)c(OS(=O)(=O)c2ccc(NC(C)=O)cc2)c1)C(=O)NC(C)(C)C. The first kappa shape index (κ1) is 27.9. The number of carbonyl (C=O) groups excluding carboxylic acids is 2. The fourth-order valence-corrected chi connectivity index (χ4v) is 3.97. The lowest BCUT2D eigenvalue weighted by molar-refractivity contribution is -0.114. The average Bonchev–Trinajstić information content (AvgIpc) is 2.75. The van der Waals surface area contributed by atoms with E-state index in [2.05, 4.69) is 10.6 Å². The number of ether oxygens (including phenoxy) is 2. The van der Waals surface area contributed by atoms with E-state index in [1.165, 1.54) is 44.4 Å². The lowest BCUT2D eigenvalue weighted by atomic mass is 10.1. The number of methoxy groups -OCH3 is 2. The van der Waals surface area contributed by atoms with Gasteiger partial charge in [0, 0.05) is 38.3 Å². The van der Waals surface area contributed by atoms with Gasteiger partial charge in [-0.3, -0.25) is 4.79 Å². The number of hydrogen-bond acceptors (Lipinski definition) is 7. The van der Waals surface area contributed by atoms with Gasteiger partial charge in [-0.15, -0.1) is 0 Å². The first-order chi connectivity index (χ1) is 16.3. The minimum atomic E-state index is -4.20. The van der Waals surface area contributed by atoms with Gasteiger partial charge >= 0.3 is 16.1 Å². The Morgan fingerprint density at radius 2 is 1.66 bits per heavy atom. The van der Waals surface area contributed by atoms with E-state index in [1.807, 2.05) is 20.8 Å². The Morgan fingerprint density at radius 3 is 2.20 bits per heavy atom. The molecule has 0 atom stereocenters. The van der Waals surface area contributed by atoms with Crippen LogP contribution in [0.4, 0.5) is 10.5 Å². The number of anilines is 1. The molecule has 35 heavy (non-hydrogen) atoms. The number of carbonyl (C=O) groups is 2. The fraction of sp³-hybridized carbons (Fsp3) is 0.417. The largest absolute Gasteiger partial charge is 0.493 e. The Morgan fingerprint density at radius 1 is 1.00 bits per heavy atom. The van der Waals surface area contributed by atoms with Crippen LogP contribution in [0, 0.1) is 0 Å². The molecule has 0 fully saturated rings. The Labute approximate surface area is 206 Å². The molecule has 11 heteroatoms. The quantitative estimate of drug-likeness (QED) is 0.473. The van der Waals surface area contributed by atoms with E-state index in [0.29, 0.717) is 24.4 Å². The van der Waals surface area contributed by atoms with E-state index in [1.54, 1.807) is 24.1 Å². The van der Waals surface area contributed by atoms with Crippen LogP contribution in [0.5, 0.6) is 11.5 Å². The summed E-state index contributed by atoms with van der Waals surface area (Å²) in [6.07, 6.45) is 0. The Hall–Kier alpha value is -3.31. The van der Waals surface area contributed by atoms with Gasteiger partial charge in [0.2, 0.25) is 5.91 Å². The van der Waals surface area contributed by atoms with Crippen LogP contribution >= 0.6 is 0 Å². The highest BCUT2D eigenvalue weighted by Crippen LogP contribution is 2.31. The molecule has 0 unspecified atom stereocenters. The first-order valence-electron chi connectivity index (χ1n) is 10.9. The van der Waals surface area contributed by atoms with Crippen LogP contribution < -0.4 is 19.6 Å². The summed E-state index contributed by atoms with van der Waals surface area (Å²) in [5.41, 5.74) is 0.665. The highest BCUT2D eigenvalue weighted by atomic mass is 32.2. The van der Waals surface area contributed by atoms with Crippen LogP contribution in [-0.2, 0) is 26.2 Å². The van der Waals surface area contributed by atoms with Crippen molar-refractivity contribution in [2.24, 2.45) is 0 Å². The van der Waals surface area contributed by atoms with Gasteiger partial charge in [0.15, 0.2) is 11.5 Å². The summed E-state index contributed by atoms with van der Waals surface area (Å²) in [6.45, 7) is 7.86. The van der Waals surface area contributed by atoms with E-state index in [9.17, 15) is 18.0 Å². The van der Waals surface area contributed by atoms with Gasteiger partial charge < -0.3 is 29.2 Å². The third kappa shape index (κ3) is 8.76. The topological polar surface area (TPSA) is 123 Å². The van der Waals surface area contributed by atoms with Crippen LogP contribution in [0.15, 0.2) is 47.4 Å². The fourth-order valence-electron chi connectivity index (χ4n) is 3.03. The Kier molecular flexibility index (Phi) is 9.49. The number of rotatable bonds is 10. The average molecular weight is 508 g/mol. The summed E-state index contributed by atoms with van der Waals surface area (Å²) in [5.74, 6) is -0.0669. The summed E-state index contributed by atoms with van der Waals surface area (Å²) in [4.78, 5) is 25.4. The predicted molar refractivity (Wildman–Crippen MR) is 132 cm³/mol. The van der Waals surface area contributed by atoms with Crippen LogP contribution in [0.25, 0.3) is 0 Å². The molecular formula is C24H33N3O7S. The maximum absolute atomic E-state index is 12.9. The molecule has 192 valence electrons. The van der Waals surface area contributed by atoms with Gasteiger partial charge in [0.05, 0.1) is 13.7 Å². The number of nitrogens with one attached hydrogen (secondary N) is 2. The molecule has 10 nitrogen and oxygen atoms in total. The van der Waals surface area contributed by atoms with E-state index < -0.39 is 15.7 Å². The Balaban J connectivity index is 2.29. The maximum atomic E-state index is 12.9. The smallest absolute Gasteiger partial charge is 0.339 e. The highest BCUT2D eigenvalue weighted by molar-refractivity contribution is 7.87. The molecule has 0 spiro atoms. The molecule has 0 aliphatic rings. The van der Waals surface area contributed by atoms with Crippen molar-refractivity contribution in [3.05, 3.63) is 48.0 Å². The van der Waals surface area contributed by atoms with Crippen molar-refractivity contribution in [1.29, 1.82) is 0 Å². The lowest BCUT2D eigenvalue weighted by Gasteiger charge is -2.28. The predicted octanol–water partition coefficient (Wildman–Crippen LogP) is 3.38. The minimum absolute atomic E-state index is 0.0149. The van der Waals surface area contributed by atoms with Crippen LogP contribution in [0.1, 0.15) is 33.3 Å². The third-order valence-electron chi connectivity index (χ3n) is 4.60. The molecule has 2 aromatic rings. The zero-order valence-electron chi connectivity index (χ0n) is 20.9. The Bertz CT molecular complexity index is 1130. The molecule has 0 saturated carbocycles. The zero-order chi connectivity index (χ0) is 26.2. The van der Waals surface area contributed by atoms with E-state index >= 15 is 0 Å². The summed E-state index contributed by atoms with van der Waals surface area (Å²) in [7, 11) is -1.25. The van der Waals surface area contributed by atoms with Crippen molar-refractivity contribution in [2.75, 3.05) is 32.7 Å². The molecule has 0 aliphatic heterocycles. The van der Waals surface area contributed by atoms with E-state index in [0.717, 1.165) is 0 Å². The number of amides is 3. The lowest BCUT2D eigenvalue weighted by Crippen LogP contribution is -2.49. The van der Waals surface area contributed by atoms with E-state index in [-0.39, 0.29) is 34.9 Å².